The molecule has 0 N–H and O–H groups in total. The first kappa shape index (κ1) is 21.4. The van der Waals surface area contributed by atoms with Gasteiger partial charge >= 0.3 is 17.5 Å². The molecule has 2 rings (SSSR count). The molecule has 154 valence electrons. The van der Waals surface area contributed by atoms with E-state index in [4.69, 9.17) is 9.47 Å². The SMILES string of the molecule is CC(C)(C)OC(=O)N1CCC(CCOc2ccc([N+](=O)[O-])c([N+](=O)[O-])c2)CC1. The number of carbonyl (C=O) groups is 1. The van der Waals surface area contributed by atoms with Crippen LogP contribution in [-0.4, -0.2) is 46.1 Å². The van der Waals surface area contributed by atoms with Crippen molar-refractivity contribution in [3.63, 3.8) is 0 Å². The fourth-order valence-corrected chi connectivity index (χ4v) is 2.97. The van der Waals surface area contributed by atoms with Crippen molar-refractivity contribution in [1.29, 1.82) is 0 Å². The molecule has 1 amide bonds. The number of piperidine rings is 1. The van der Waals surface area contributed by atoms with Gasteiger partial charge in [-0.1, -0.05) is 0 Å². The molecule has 1 aliphatic heterocycles. The lowest BCUT2D eigenvalue weighted by Crippen LogP contribution is -2.41. The molecule has 1 aliphatic rings. The number of benzene rings is 1. The van der Waals surface area contributed by atoms with Gasteiger partial charge in [-0.25, -0.2) is 4.79 Å². The highest BCUT2D eigenvalue weighted by atomic mass is 16.6. The minimum absolute atomic E-state index is 0.225. The summed E-state index contributed by atoms with van der Waals surface area (Å²) in [6, 6.07) is 3.51. The van der Waals surface area contributed by atoms with Gasteiger partial charge in [0.15, 0.2) is 0 Å². The van der Waals surface area contributed by atoms with Crippen molar-refractivity contribution in [2.75, 3.05) is 19.7 Å². The van der Waals surface area contributed by atoms with Crippen molar-refractivity contribution in [2.24, 2.45) is 5.92 Å². The number of ether oxygens (including phenoxy) is 2. The third-order valence-corrected chi connectivity index (χ3v) is 4.40. The van der Waals surface area contributed by atoms with Gasteiger partial charge in [-0.15, -0.1) is 0 Å². The van der Waals surface area contributed by atoms with E-state index in [0.717, 1.165) is 31.4 Å². The Morgan fingerprint density at radius 2 is 1.75 bits per heavy atom. The van der Waals surface area contributed by atoms with Crippen molar-refractivity contribution in [2.45, 2.75) is 45.6 Å². The van der Waals surface area contributed by atoms with E-state index in [9.17, 15) is 25.0 Å². The molecule has 1 fully saturated rings. The Bertz CT molecular complexity index is 737. The van der Waals surface area contributed by atoms with Crippen LogP contribution < -0.4 is 4.74 Å². The maximum absolute atomic E-state index is 12.1. The fourth-order valence-electron chi connectivity index (χ4n) is 2.97. The number of hydrogen-bond donors (Lipinski definition) is 0. The van der Waals surface area contributed by atoms with Crippen LogP contribution in [0.1, 0.15) is 40.0 Å². The van der Waals surface area contributed by atoms with Gasteiger partial charge in [0, 0.05) is 19.2 Å². The molecule has 10 nitrogen and oxygen atoms in total. The molecule has 0 saturated carbocycles. The zero-order valence-electron chi connectivity index (χ0n) is 16.3. The van der Waals surface area contributed by atoms with Crippen LogP contribution in [0.5, 0.6) is 5.75 Å². The van der Waals surface area contributed by atoms with Gasteiger partial charge in [0.1, 0.15) is 11.4 Å². The minimum atomic E-state index is -0.794. The minimum Gasteiger partial charge on any atom is -0.493 e. The summed E-state index contributed by atoms with van der Waals surface area (Å²) in [4.78, 5) is 34.0. The lowest BCUT2D eigenvalue weighted by atomic mass is 9.94. The van der Waals surface area contributed by atoms with Gasteiger partial charge in [-0.2, -0.15) is 0 Å². The van der Waals surface area contributed by atoms with Crippen molar-refractivity contribution in [3.05, 3.63) is 38.4 Å². The summed E-state index contributed by atoms with van der Waals surface area (Å²) in [6.45, 7) is 7.06. The largest absolute Gasteiger partial charge is 0.493 e. The van der Waals surface area contributed by atoms with E-state index in [0.29, 0.717) is 25.6 Å². The third kappa shape index (κ3) is 6.07. The second kappa shape index (κ2) is 8.85. The number of nitrogens with zero attached hydrogens (tertiary/aromatic N) is 3. The molecular formula is C18H25N3O7. The Hall–Kier alpha value is -2.91. The molecular weight excluding hydrogens is 370 g/mol. The molecule has 0 radical (unpaired) electrons. The maximum atomic E-state index is 12.1. The van der Waals surface area contributed by atoms with Crippen molar-refractivity contribution in [3.8, 4) is 5.75 Å². The van der Waals surface area contributed by atoms with Crippen LogP contribution in [0.3, 0.4) is 0 Å². The van der Waals surface area contributed by atoms with Crippen molar-refractivity contribution >= 4 is 17.5 Å². The Morgan fingerprint density at radius 3 is 2.29 bits per heavy atom. The van der Waals surface area contributed by atoms with Crippen LogP contribution in [0.25, 0.3) is 0 Å². The molecule has 1 saturated heterocycles. The predicted octanol–water partition coefficient (Wildman–Crippen LogP) is 3.92. The highest BCUT2D eigenvalue weighted by molar-refractivity contribution is 5.68. The molecule has 0 atom stereocenters. The third-order valence-electron chi connectivity index (χ3n) is 4.40. The summed E-state index contributed by atoms with van der Waals surface area (Å²) in [5.41, 5.74) is -1.67. The molecule has 0 unspecified atom stereocenters. The van der Waals surface area contributed by atoms with Gasteiger partial charge < -0.3 is 14.4 Å². The van der Waals surface area contributed by atoms with Gasteiger partial charge in [-0.3, -0.25) is 20.2 Å². The van der Waals surface area contributed by atoms with Crippen LogP contribution in [0.2, 0.25) is 0 Å². The standard InChI is InChI=1S/C18H25N3O7/c1-18(2,3)28-17(22)19-9-6-13(7-10-19)8-11-27-14-4-5-15(20(23)24)16(12-14)21(25)26/h4-5,12-13H,6-11H2,1-3H3. The number of nitro benzene ring substituents is 2. The maximum Gasteiger partial charge on any atom is 0.410 e. The average molecular weight is 395 g/mol. The molecule has 0 aromatic heterocycles. The zero-order valence-corrected chi connectivity index (χ0v) is 16.3. The lowest BCUT2D eigenvalue weighted by Gasteiger charge is -2.33. The van der Waals surface area contributed by atoms with Gasteiger partial charge in [0.25, 0.3) is 0 Å². The van der Waals surface area contributed by atoms with Gasteiger partial charge in [-0.05, 0) is 52.0 Å². The van der Waals surface area contributed by atoms with E-state index in [1.807, 2.05) is 20.8 Å². The van der Waals surface area contributed by atoms with Crippen molar-refractivity contribution < 1.29 is 24.1 Å². The Labute approximate surface area is 162 Å². The summed E-state index contributed by atoms with van der Waals surface area (Å²) in [7, 11) is 0. The molecule has 1 aromatic carbocycles. The summed E-state index contributed by atoms with van der Waals surface area (Å²) in [5.74, 6) is 0.593. The zero-order chi connectivity index (χ0) is 20.9. The van der Waals surface area contributed by atoms with Crippen LogP contribution in [0.4, 0.5) is 16.2 Å². The molecule has 0 aliphatic carbocycles. The van der Waals surface area contributed by atoms with Crippen molar-refractivity contribution in [1.82, 2.24) is 4.90 Å². The highest BCUT2D eigenvalue weighted by Gasteiger charge is 2.27. The van der Waals surface area contributed by atoms with E-state index in [2.05, 4.69) is 0 Å². The predicted molar refractivity (Wildman–Crippen MR) is 100 cm³/mol. The lowest BCUT2D eigenvalue weighted by molar-refractivity contribution is -0.422. The number of carbonyl (C=O) groups excluding carboxylic acids is 1. The van der Waals surface area contributed by atoms with E-state index < -0.39 is 26.8 Å². The number of amides is 1. The van der Waals surface area contributed by atoms with Crippen LogP contribution in [0.15, 0.2) is 18.2 Å². The topological polar surface area (TPSA) is 125 Å². The molecule has 1 aromatic rings. The molecule has 28 heavy (non-hydrogen) atoms. The Balaban J connectivity index is 1.81. The summed E-state index contributed by atoms with van der Waals surface area (Å²) < 4.78 is 10.9. The van der Waals surface area contributed by atoms with Gasteiger partial charge in [0.2, 0.25) is 0 Å². The average Bonchev–Trinajstić information content (AvgIpc) is 2.60. The first-order valence-corrected chi connectivity index (χ1v) is 9.10. The van der Waals surface area contributed by atoms with Crippen LogP contribution in [0, 0.1) is 26.1 Å². The quantitative estimate of drug-likeness (QED) is 0.528. The van der Waals surface area contributed by atoms with Crippen LogP contribution in [-0.2, 0) is 4.74 Å². The van der Waals surface area contributed by atoms with E-state index in [1.165, 1.54) is 6.07 Å². The number of nitro groups is 2. The first-order valence-electron chi connectivity index (χ1n) is 9.10. The smallest absolute Gasteiger partial charge is 0.410 e. The Morgan fingerprint density at radius 1 is 1.14 bits per heavy atom. The van der Waals surface area contributed by atoms with Crippen LogP contribution >= 0.6 is 0 Å². The first-order chi connectivity index (χ1) is 13.1. The summed E-state index contributed by atoms with van der Waals surface area (Å²) in [6.07, 6.45) is 2.07. The Kier molecular flexibility index (Phi) is 6.76. The summed E-state index contributed by atoms with van der Waals surface area (Å²) in [5, 5.41) is 21.8. The molecule has 0 bridgehead atoms. The second-order valence-corrected chi connectivity index (χ2v) is 7.71. The van der Waals surface area contributed by atoms with E-state index in [1.54, 1.807) is 4.90 Å². The fraction of sp³-hybridized carbons (Fsp3) is 0.611. The van der Waals surface area contributed by atoms with E-state index in [-0.39, 0.29) is 11.8 Å². The normalized spacial score (nSPS) is 15.2. The molecule has 1 heterocycles. The highest BCUT2D eigenvalue weighted by Crippen LogP contribution is 2.31. The van der Waals surface area contributed by atoms with Gasteiger partial charge in [0.05, 0.1) is 22.5 Å². The van der Waals surface area contributed by atoms with E-state index >= 15 is 0 Å². The summed E-state index contributed by atoms with van der Waals surface area (Å²) >= 11 is 0. The number of hydrogen-bond acceptors (Lipinski definition) is 7. The molecule has 10 heteroatoms. The second-order valence-electron chi connectivity index (χ2n) is 7.71. The number of rotatable bonds is 6. The monoisotopic (exact) mass is 395 g/mol. The molecule has 0 spiro atoms. The number of likely N-dealkylation sites (tertiary alicyclic amines) is 1.